The Morgan fingerprint density at radius 2 is 1.77 bits per heavy atom. The first-order chi connectivity index (χ1) is 12.8. The van der Waals surface area contributed by atoms with Crippen LogP contribution < -0.4 is 5.32 Å². The van der Waals surface area contributed by atoms with Crippen molar-refractivity contribution < 1.29 is 4.79 Å². The van der Waals surface area contributed by atoms with Crippen LogP contribution in [-0.4, -0.2) is 27.3 Å². The molecule has 2 heterocycles. The maximum absolute atomic E-state index is 12.9. The van der Waals surface area contributed by atoms with Crippen LogP contribution in [-0.2, 0) is 13.1 Å². The topological polar surface area (TPSA) is 58.1 Å². The summed E-state index contributed by atoms with van der Waals surface area (Å²) >= 11 is 0. The number of pyridine rings is 2. The van der Waals surface area contributed by atoms with Gasteiger partial charge in [0.2, 0.25) is 0 Å². The minimum atomic E-state index is 0.00529. The summed E-state index contributed by atoms with van der Waals surface area (Å²) in [6, 6.07) is 17.5. The third kappa shape index (κ3) is 4.66. The van der Waals surface area contributed by atoms with Crippen LogP contribution in [0.15, 0.2) is 73.2 Å². The molecule has 0 spiro atoms. The van der Waals surface area contributed by atoms with E-state index in [0.29, 0.717) is 31.0 Å². The average Bonchev–Trinajstić information content (AvgIpc) is 2.72. The van der Waals surface area contributed by atoms with Crippen molar-refractivity contribution >= 4 is 11.7 Å². The molecule has 0 fully saturated rings. The molecule has 0 atom stereocenters. The second-order valence-corrected chi connectivity index (χ2v) is 5.94. The third-order valence-corrected chi connectivity index (χ3v) is 4.12. The molecule has 3 aromatic rings. The number of aromatic nitrogens is 2. The quantitative estimate of drug-likeness (QED) is 0.708. The first kappa shape index (κ1) is 17.6. The molecule has 1 aromatic carbocycles. The Balaban J connectivity index is 1.68. The van der Waals surface area contributed by atoms with Crippen LogP contribution in [0.5, 0.6) is 0 Å². The van der Waals surface area contributed by atoms with Gasteiger partial charge in [0.15, 0.2) is 0 Å². The number of amides is 1. The number of rotatable bonds is 7. The zero-order valence-corrected chi connectivity index (χ0v) is 14.8. The van der Waals surface area contributed by atoms with E-state index >= 15 is 0 Å². The van der Waals surface area contributed by atoms with E-state index < -0.39 is 0 Å². The fourth-order valence-corrected chi connectivity index (χ4v) is 2.67. The monoisotopic (exact) mass is 346 g/mol. The van der Waals surface area contributed by atoms with Crippen molar-refractivity contribution in [2.24, 2.45) is 0 Å². The summed E-state index contributed by atoms with van der Waals surface area (Å²) in [7, 11) is 0. The van der Waals surface area contributed by atoms with Gasteiger partial charge >= 0.3 is 0 Å². The Morgan fingerprint density at radius 3 is 2.50 bits per heavy atom. The van der Waals surface area contributed by atoms with Crippen LogP contribution in [0, 0.1) is 0 Å². The molecule has 0 aliphatic carbocycles. The number of carbonyl (C=O) groups excluding carboxylic acids is 1. The van der Waals surface area contributed by atoms with Crippen molar-refractivity contribution in [3.05, 3.63) is 89.9 Å². The molecule has 132 valence electrons. The van der Waals surface area contributed by atoms with E-state index in [1.165, 1.54) is 0 Å². The van der Waals surface area contributed by atoms with Crippen LogP contribution in [0.4, 0.5) is 5.82 Å². The maximum atomic E-state index is 12.9. The van der Waals surface area contributed by atoms with Crippen molar-refractivity contribution in [3.63, 3.8) is 0 Å². The molecule has 1 amide bonds. The van der Waals surface area contributed by atoms with Gasteiger partial charge in [-0.3, -0.25) is 9.78 Å². The number of hydrogen-bond acceptors (Lipinski definition) is 4. The Kier molecular flexibility index (Phi) is 5.93. The van der Waals surface area contributed by atoms with Gasteiger partial charge in [-0.2, -0.15) is 0 Å². The molecule has 0 aliphatic heterocycles. The molecule has 0 saturated carbocycles. The lowest BCUT2D eigenvalue weighted by atomic mass is 10.1. The molecular weight excluding hydrogens is 324 g/mol. The summed E-state index contributed by atoms with van der Waals surface area (Å²) in [6.07, 6.45) is 5.18. The molecule has 0 saturated heterocycles. The third-order valence-electron chi connectivity index (χ3n) is 4.12. The van der Waals surface area contributed by atoms with E-state index in [-0.39, 0.29) is 5.91 Å². The highest BCUT2D eigenvalue weighted by atomic mass is 16.2. The summed E-state index contributed by atoms with van der Waals surface area (Å²) in [5.74, 6) is 0.689. The highest BCUT2D eigenvalue weighted by molar-refractivity contribution is 5.94. The highest BCUT2D eigenvalue weighted by Crippen LogP contribution is 2.13. The lowest BCUT2D eigenvalue weighted by molar-refractivity contribution is 0.0752. The van der Waals surface area contributed by atoms with Gasteiger partial charge < -0.3 is 10.2 Å². The number of benzene rings is 1. The lowest BCUT2D eigenvalue weighted by Gasteiger charge is -2.21. The van der Waals surface area contributed by atoms with Crippen molar-refractivity contribution in [1.82, 2.24) is 14.9 Å². The Labute approximate surface area is 153 Å². The van der Waals surface area contributed by atoms with E-state index in [1.54, 1.807) is 30.7 Å². The van der Waals surface area contributed by atoms with Gasteiger partial charge in [0.1, 0.15) is 5.82 Å². The summed E-state index contributed by atoms with van der Waals surface area (Å²) in [5.41, 5.74) is 2.86. The molecule has 0 aliphatic rings. The van der Waals surface area contributed by atoms with Gasteiger partial charge in [-0.25, -0.2) is 4.98 Å². The molecule has 26 heavy (non-hydrogen) atoms. The fourth-order valence-electron chi connectivity index (χ4n) is 2.67. The van der Waals surface area contributed by atoms with E-state index in [4.69, 9.17) is 0 Å². The second-order valence-electron chi connectivity index (χ2n) is 5.94. The van der Waals surface area contributed by atoms with Gasteiger partial charge in [0.25, 0.3) is 5.91 Å². The van der Waals surface area contributed by atoms with Gasteiger partial charge in [-0.15, -0.1) is 0 Å². The van der Waals surface area contributed by atoms with Crippen LogP contribution in [0.2, 0.25) is 0 Å². The van der Waals surface area contributed by atoms with E-state index in [2.05, 4.69) is 15.3 Å². The zero-order valence-electron chi connectivity index (χ0n) is 14.8. The first-order valence-corrected chi connectivity index (χ1v) is 8.68. The minimum Gasteiger partial charge on any atom is -0.366 e. The molecule has 2 aromatic heterocycles. The van der Waals surface area contributed by atoms with Crippen LogP contribution in [0.3, 0.4) is 0 Å². The van der Waals surface area contributed by atoms with Crippen molar-refractivity contribution in [1.29, 1.82) is 0 Å². The molecule has 0 radical (unpaired) electrons. The Hall–Kier alpha value is -3.21. The molecule has 3 rings (SSSR count). The molecule has 5 heteroatoms. The summed E-state index contributed by atoms with van der Waals surface area (Å²) in [6.45, 7) is 3.87. The zero-order chi connectivity index (χ0) is 18.2. The van der Waals surface area contributed by atoms with Gasteiger partial charge in [0.05, 0.1) is 0 Å². The number of nitrogens with zero attached hydrogens (tertiary/aromatic N) is 3. The van der Waals surface area contributed by atoms with Crippen LogP contribution in [0.1, 0.15) is 28.4 Å². The van der Waals surface area contributed by atoms with Crippen molar-refractivity contribution in [2.45, 2.75) is 20.0 Å². The number of hydrogen-bond donors (Lipinski definition) is 1. The summed E-state index contributed by atoms with van der Waals surface area (Å²) in [4.78, 5) is 23.0. The smallest absolute Gasteiger partial charge is 0.254 e. The summed E-state index contributed by atoms with van der Waals surface area (Å²) < 4.78 is 0. The molecule has 0 bridgehead atoms. The Bertz CT molecular complexity index is 837. The van der Waals surface area contributed by atoms with Gasteiger partial charge in [-0.05, 0) is 42.3 Å². The van der Waals surface area contributed by atoms with Crippen LogP contribution >= 0.6 is 0 Å². The summed E-state index contributed by atoms with van der Waals surface area (Å²) in [5, 5.41) is 3.25. The second kappa shape index (κ2) is 8.76. The first-order valence-electron chi connectivity index (χ1n) is 8.68. The normalized spacial score (nSPS) is 10.3. The van der Waals surface area contributed by atoms with Crippen LogP contribution in [0.25, 0.3) is 0 Å². The van der Waals surface area contributed by atoms with Crippen molar-refractivity contribution in [2.75, 3.05) is 11.9 Å². The molecular formula is C21H22N4O. The fraction of sp³-hybridized carbons (Fsp3) is 0.190. The molecule has 5 nitrogen and oxygen atoms in total. The van der Waals surface area contributed by atoms with Gasteiger partial charge in [0, 0.05) is 43.8 Å². The minimum absolute atomic E-state index is 0.00529. The Morgan fingerprint density at radius 1 is 1.00 bits per heavy atom. The number of nitrogens with one attached hydrogen (secondary N) is 1. The molecule has 0 unspecified atom stereocenters. The molecule has 1 N–H and O–H groups in total. The largest absolute Gasteiger partial charge is 0.366 e. The SMILES string of the molecule is CCN(Cc1ccccc1)C(=O)c1ccnc(NCc2ccncc2)c1. The highest BCUT2D eigenvalue weighted by Gasteiger charge is 2.15. The van der Waals surface area contributed by atoms with Gasteiger partial charge in [-0.1, -0.05) is 30.3 Å². The van der Waals surface area contributed by atoms with E-state index in [0.717, 1.165) is 11.1 Å². The number of anilines is 1. The maximum Gasteiger partial charge on any atom is 0.254 e. The predicted molar refractivity (Wildman–Crippen MR) is 103 cm³/mol. The standard InChI is InChI=1S/C21H22N4O/c1-2-25(16-18-6-4-3-5-7-18)21(26)19-10-13-23-20(14-19)24-15-17-8-11-22-12-9-17/h3-14H,2,15-16H2,1H3,(H,23,24). The lowest BCUT2D eigenvalue weighted by Crippen LogP contribution is -2.30. The average molecular weight is 346 g/mol. The van der Waals surface area contributed by atoms with Crippen molar-refractivity contribution in [3.8, 4) is 0 Å². The van der Waals surface area contributed by atoms with E-state index in [1.807, 2.05) is 54.3 Å². The number of carbonyl (C=O) groups is 1. The van der Waals surface area contributed by atoms with E-state index in [9.17, 15) is 4.79 Å². The predicted octanol–water partition coefficient (Wildman–Crippen LogP) is 3.75.